The predicted octanol–water partition coefficient (Wildman–Crippen LogP) is 3.85. The summed E-state index contributed by atoms with van der Waals surface area (Å²) in [4.78, 5) is 12.3. The minimum atomic E-state index is -0.518. The molecule has 0 bridgehead atoms. The van der Waals surface area contributed by atoms with E-state index in [1.54, 1.807) is 29.1 Å². The van der Waals surface area contributed by atoms with Gasteiger partial charge in [-0.2, -0.15) is 10.2 Å². The molecule has 2 aromatic heterocycles. The number of rotatable bonds is 5. The summed E-state index contributed by atoms with van der Waals surface area (Å²) in [5, 5.41) is 11.3. The van der Waals surface area contributed by atoms with E-state index in [2.05, 4.69) is 15.5 Å². The topological polar surface area (TPSA) is 64.7 Å². The summed E-state index contributed by atoms with van der Waals surface area (Å²) in [5.41, 5.74) is 0.549. The molecule has 0 radical (unpaired) electrons. The highest BCUT2D eigenvalue weighted by Gasteiger charge is 2.18. The van der Waals surface area contributed by atoms with Crippen LogP contribution in [0.3, 0.4) is 0 Å². The average molecular weight is 382 g/mol. The molecule has 1 N–H and O–H groups in total. The van der Waals surface area contributed by atoms with Gasteiger partial charge in [0.15, 0.2) is 11.5 Å². The lowest BCUT2D eigenvalue weighted by Gasteiger charge is -2.03. The van der Waals surface area contributed by atoms with Crippen molar-refractivity contribution in [2.45, 2.75) is 20.0 Å². The molecule has 3 rings (SSSR count). The standard InChI is InChI=1S/C16H14Cl2FN5O/c1-2-23-8-11(17)14(21-23)16(25)20-15-12(18)9-24(22-15)7-10-5-3-4-6-13(10)19/h3-6,8-9H,2,7H2,1H3,(H,20,22,25). The molecule has 0 saturated heterocycles. The maximum absolute atomic E-state index is 13.7. The highest BCUT2D eigenvalue weighted by Crippen LogP contribution is 2.22. The van der Waals surface area contributed by atoms with E-state index >= 15 is 0 Å². The second-order valence-corrected chi connectivity index (χ2v) is 6.06. The smallest absolute Gasteiger partial charge is 0.278 e. The van der Waals surface area contributed by atoms with Crippen LogP contribution in [-0.4, -0.2) is 25.5 Å². The molecule has 9 heteroatoms. The van der Waals surface area contributed by atoms with Crippen LogP contribution in [0.25, 0.3) is 0 Å². The molecule has 0 fully saturated rings. The monoisotopic (exact) mass is 381 g/mol. The lowest BCUT2D eigenvalue weighted by molar-refractivity contribution is 0.102. The number of aryl methyl sites for hydroxylation is 1. The van der Waals surface area contributed by atoms with Crippen LogP contribution >= 0.6 is 23.2 Å². The van der Waals surface area contributed by atoms with E-state index in [1.807, 2.05) is 6.92 Å². The summed E-state index contributed by atoms with van der Waals surface area (Å²) in [5.74, 6) is -0.697. The molecule has 0 atom stereocenters. The highest BCUT2D eigenvalue weighted by molar-refractivity contribution is 6.35. The van der Waals surface area contributed by atoms with Crippen LogP contribution in [-0.2, 0) is 13.1 Å². The number of nitrogens with zero attached hydrogens (tertiary/aromatic N) is 4. The van der Waals surface area contributed by atoms with Gasteiger partial charge in [0, 0.05) is 24.5 Å². The van der Waals surface area contributed by atoms with Gasteiger partial charge >= 0.3 is 0 Å². The van der Waals surface area contributed by atoms with Crippen molar-refractivity contribution < 1.29 is 9.18 Å². The SMILES string of the molecule is CCn1cc(Cl)c(C(=O)Nc2nn(Cc3ccccc3F)cc2Cl)n1. The van der Waals surface area contributed by atoms with Crippen molar-refractivity contribution in [3.63, 3.8) is 0 Å². The van der Waals surface area contributed by atoms with Crippen molar-refractivity contribution in [1.29, 1.82) is 0 Å². The van der Waals surface area contributed by atoms with Gasteiger partial charge in [-0.25, -0.2) is 4.39 Å². The van der Waals surface area contributed by atoms with Gasteiger partial charge in [0.2, 0.25) is 0 Å². The Morgan fingerprint density at radius 2 is 1.88 bits per heavy atom. The molecule has 3 aromatic rings. The maximum Gasteiger partial charge on any atom is 0.278 e. The first-order valence-electron chi connectivity index (χ1n) is 7.48. The Morgan fingerprint density at radius 3 is 2.56 bits per heavy atom. The van der Waals surface area contributed by atoms with Gasteiger partial charge in [-0.3, -0.25) is 14.2 Å². The van der Waals surface area contributed by atoms with E-state index in [9.17, 15) is 9.18 Å². The highest BCUT2D eigenvalue weighted by atomic mass is 35.5. The van der Waals surface area contributed by atoms with Crippen LogP contribution in [0.4, 0.5) is 10.2 Å². The van der Waals surface area contributed by atoms with E-state index in [4.69, 9.17) is 23.2 Å². The second-order valence-electron chi connectivity index (χ2n) is 5.25. The van der Waals surface area contributed by atoms with Crippen molar-refractivity contribution in [1.82, 2.24) is 19.6 Å². The molecule has 0 aliphatic rings. The molecule has 25 heavy (non-hydrogen) atoms. The molecule has 1 aromatic carbocycles. The van der Waals surface area contributed by atoms with Gasteiger partial charge in [0.25, 0.3) is 5.91 Å². The minimum Gasteiger partial charge on any atom is -0.302 e. The van der Waals surface area contributed by atoms with Gasteiger partial charge in [-0.15, -0.1) is 0 Å². The summed E-state index contributed by atoms with van der Waals surface area (Å²) in [6, 6.07) is 6.37. The molecule has 130 valence electrons. The fraction of sp³-hybridized carbons (Fsp3) is 0.188. The molecule has 1 amide bonds. The van der Waals surface area contributed by atoms with Crippen molar-refractivity contribution in [3.8, 4) is 0 Å². The number of aromatic nitrogens is 4. The van der Waals surface area contributed by atoms with Crippen molar-refractivity contribution in [3.05, 3.63) is 63.8 Å². The Kier molecular flexibility index (Phi) is 5.06. The molecule has 2 heterocycles. The number of halogens is 3. The third kappa shape index (κ3) is 3.83. The van der Waals surface area contributed by atoms with Gasteiger partial charge in [0.1, 0.15) is 10.8 Å². The Hall–Kier alpha value is -2.38. The molecule has 0 saturated carbocycles. The summed E-state index contributed by atoms with van der Waals surface area (Å²) in [6.45, 7) is 2.66. The third-order valence-electron chi connectivity index (χ3n) is 3.50. The van der Waals surface area contributed by atoms with Gasteiger partial charge in [0.05, 0.1) is 11.6 Å². The average Bonchev–Trinajstić information content (AvgIpc) is 3.12. The molecule has 0 spiro atoms. The maximum atomic E-state index is 13.7. The van der Waals surface area contributed by atoms with Crippen molar-refractivity contribution in [2.75, 3.05) is 5.32 Å². The van der Waals surface area contributed by atoms with Crippen molar-refractivity contribution in [2.24, 2.45) is 0 Å². The minimum absolute atomic E-state index is 0.0863. The summed E-state index contributed by atoms with van der Waals surface area (Å²) >= 11 is 12.1. The zero-order valence-electron chi connectivity index (χ0n) is 13.2. The number of carbonyl (C=O) groups excluding carboxylic acids is 1. The largest absolute Gasteiger partial charge is 0.302 e. The summed E-state index contributed by atoms with van der Waals surface area (Å²) in [6.07, 6.45) is 3.07. The van der Waals surface area contributed by atoms with Crippen molar-refractivity contribution >= 4 is 34.9 Å². The van der Waals surface area contributed by atoms with Crippen LogP contribution in [0.15, 0.2) is 36.7 Å². The van der Waals surface area contributed by atoms with Gasteiger partial charge in [-0.1, -0.05) is 41.4 Å². The Balaban J connectivity index is 1.77. The number of nitrogens with one attached hydrogen (secondary N) is 1. The number of hydrogen-bond donors (Lipinski definition) is 1. The Bertz CT molecular complexity index is 921. The molecule has 6 nitrogen and oxygen atoms in total. The zero-order valence-corrected chi connectivity index (χ0v) is 14.7. The van der Waals surface area contributed by atoms with Crippen LogP contribution in [0.1, 0.15) is 23.0 Å². The molecular formula is C16H14Cl2FN5O. The summed E-state index contributed by atoms with van der Waals surface area (Å²) in [7, 11) is 0. The van der Waals surface area contributed by atoms with Crippen LogP contribution in [0, 0.1) is 5.82 Å². The normalized spacial score (nSPS) is 10.9. The van der Waals surface area contributed by atoms with Gasteiger partial charge < -0.3 is 5.32 Å². The molecule has 0 aliphatic heterocycles. The quantitative estimate of drug-likeness (QED) is 0.729. The lowest BCUT2D eigenvalue weighted by atomic mass is 10.2. The first-order valence-corrected chi connectivity index (χ1v) is 8.24. The van der Waals surface area contributed by atoms with Gasteiger partial charge in [-0.05, 0) is 13.0 Å². The zero-order chi connectivity index (χ0) is 18.0. The number of benzene rings is 1. The summed E-state index contributed by atoms with van der Waals surface area (Å²) < 4.78 is 16.7. The van der Waals surface area contributed by atoms with E-state index < -0.39 is 5.91 Å². The van der Waals surface area contributed by atoms with E-state index in [0.29, 0.717) is 12.1 Å². The Morgan fingerprint density at radius 1 is 1.16 bits per heavy atom. The third-order valence-corrected chi connectivity index (χ3v) is 4.05. The lowest BCUT2D eigenvalue weighted by Crippen LogP contribution is -2.15. The second kappa shape index (κ2) is 7.25. The first kappa shape index (κ1) is 17.4. The number of amides is 1. The first-order chi connectivity index (χ1) is 12.0. The molecule has 0 aliphatic carbocycles. The van der Waals surface area contributed by atoms with E-state index in [0.717, 1.165) is 0 Å². The predicted molar refractivity (Wildman–Crippen MR) is 93.6 cm³/mol. The fourth-order valence-electron chi connectivity index (χ4n) is 2.24. The number of carbonyl (C=O) groups is 1. The van der Waals surface area contributed by atoms with Crippen LogP contribution < -0.4 is 5.32 Å². The van der Waals surface area contributed by atoms with E-state index in [1.165, 1.54) is 16.9 Å². The Labute approximate surface area is 153 Å². The molecule has 0 unspecified atom stereocenters. The fourth-order valence-corrected chi connectivity index (χ4v) is 2.68. The number of anilines is 1. The van der Waals surface area contributed by atoms with Crippen LogP contribution in [0.5, 0.6) is 0 Å². The van der Waals surface area contributed by atoms with Crippen LogP contribution in [0.2, 0.25) is 10.0 Å². The number of hydrogen-bond acceptors (Lipinski definition) is 3. The van der Waals surface area contributed by atoms with E-state index in [-0.39, 0.29) is 33.9 Å². The molecular weight excluding hydrogens is 368 g/mol.